The van der Waals surface area contributed by atoms with E-state index >= 15 is 0 Å². The molecular formula is C46H41N4OPt-3. The van der Waals surface area contributed by atoms with Crippen LogP contribution in [0.15, 0.2) is 134 Å². The van der Waals surface area contributed by atoms with Crippen LogP contribution in [0.3, 0.4) is 0 Å². The number of fused-ring (bicyclic) bond motifs is 3. The third-order valence-electron chi connectivity index (χ3n) is 9.48. The number of benzene rings is 5. The molecule has 6 heteroatoms. The molecule has 0 amide bonds. The molecule has 0 N–H and O–H groups in total. The van der Waals surface area contributed by atoms with Crippen molar-refractivity contribution < 1.29 is 25.8 Å². The molecule has 5 nitrogen and oxygen atoms in total. The van der Waals surface area contributed by atoms with Gasteiger partial charge < -0.3 is 19.1 Å². The average molecular weight is 861 g/mol. The number of para-hydroxylation sites is 1. The molecule has 7 aromatic rings. The summed E-state index contributed by atoms with van der Waals surface area (Å²) in [6.45, 7) is 15.4. The summed E-state index contributed by atoms with van der Waals surface area (Å²) in [4.78, 5) is 9.05. The van der Waals surface area contributed by atoms with Crippen LogP contribution in [0.25, 0.3) is 38.8 Å². The van der Waals surface area contributed by atoms with E-state index < -0.39 is 0 Å². The fourth-order valence-corrected chi connectivity index (χ4v) is 6.58. The Hall–Kier alpha value is -5.12. The molecule has 0 bridgehead atoms. The molecule has 0 fully saturated rings. The Balaban J connectivity index is 0.00000420. The van der Waals surface area contributed by atoms with Gasteiger partial charge in [-0.15, -0.1) is 53.6 Å². The van der Waals surface area contributed by atoms with Gasteiger partial charge in [-0.1, -0.05) is 108 Å². The summed E-state index contributed by atoms with van der Waals surface area (Å²) in [5.74, 6) is 2.11. The fourth-order valence-electron chi connectivity index (χ4n) is 6.58. The number of anilines is 2. The van der Waals surface area contributed by atoms with Crippen LogP contribution in [-0.4, -0.2) is 9.55 Å². The summed E-state index contributed by atoms with van der Waals surface area (Å²) in [5, 5.41) is 2.25. The zero-order chi connectivity index (χ0) is 35.3. The zero-order valence-corrected chi connectivity index (χ0v) is 32.6. The van der Waals surface area contributed by atoms with Crippen molar-refractivity contribution in [3.63, 3.8) is 0 Å². The van der Waals surface area contributed by atoms with Crippen molar-refractivity contribution in [1.82, 2.24) is 9.55 Å². The van der Waals surface area contributed by atoms with E-state index in [0.717, 1.165) is 44.6 Å². The van der Waals surface area contributed by atoms with E-state index in [1.165, 1.54) is 16.7 Å². The van der Waals surface area contributed by atoms with Crippen molar-refractivity contribution >= 4 is 33.2 Å². The Labute approximate surface area is 321 Å². The number of rotatable bonds is 6. The third kappa shape index (κ3) is 6.90. The molecule has 0 saturated heterocycles. The average Bonchev–Trinajstić information content (AvgIpc) is 3.75. The van der Waals surface area contributed by atoms with Gasteiger partial charge in [-0.3, -0.25) is 0 Å². The van der Waals surface area contributed by atoms with Crippen LogP contribution in [0.2, 0.25) is 0 Å². The van der Waals surface area contributed by atoms with E-state index in [9.17, 15) is 0 Å². The fraction of sp³-hybridized carbons (Fsp3) is 0.174. The molecule has 8 rings (SSSR count). The Morgan fingerprint density at radius 3 is 2.13 bits per heavy atom. The van der Waals surface area contributed by atoms with E-state index in [1.54, 1.807) is 0 Å². The van der Waals surface area contributed by atoms with Crippen LogP contribution in [-0.2, 0) is 31.9 Å². The van der Waals surface area contributed by atoms with E-state index in [4.69, 9.17) is 9.72 Å². The summed E-state index contributed by atoms with van der Waals surface area (Å²) in [7, 11) is 0. The van der Waals surface area contributed by atoms with Crippen LogP contribution < -0.4 is 14.5 Å². The monoisotopic (exact) mass is 860 g/mol. The van der Waals surface area contributed by atoms with Crippen LogP contribution >= 0.6 is 0 Å². The van der Waals surface area contributed by atoms with Gasteiger partial charge in [-0.2, -0.15) is 6.07 Å². The largest absolute Gasteiger partial charge is 0.509 e. The van der Waals surface area contributed by atoms with Crippen molar-refractivity contribution in [2.75, 3.05) is 9.80 Å². The minimum Gasteiger partial charge on any atom is -0.509 e. The topological polar surface area (TPSA) is 33.5 Å². The maximum Gasteiger partial charge on any atom is 0.135 e. The minimum absolute atomic E-state index is 0. The molecule has 52 heavy (non-hydrogen) atoms. The molecule has 1 aliphatic rings. The van der Waals surface area contributed by atoms with Gasteiger partial charge in [0.05, 0.1) is 0 Å². The Morgan fingerprint density at radius 1 is 0.615 bits per heavy atom. The molecule has 0 spiro atoms. The number of hydrogen-bond donors (Lipinski definition) is 0. The summed E-state index contributed by atoms with van der Waals surface area (Å²) in [6, 6.07) is 47.4. The van der Waals surface area contributed by atoms with Gasteiger partial charge in [0.15, 0.2) is 0 Å². The number of nitrogens with zero attached hydrogens (tertiary/aromatic N) is 4. The predicted octanol–water partition coefficient (Wildman–Crippen LogP) is 11.7. The van der Waals surface area contributed by atoms with E-state index in [1.807, 2.05) is 18.3 Å². The summed E-state index contributed by atoms with van der Waals surface area (Å²) in [6.07, 6.45) is 6.04. The van der Waals surface area contributed by atoms with Crippen LogP contribution in [0.4, 0.5) is 11.4 Å². The van der Waals surface area contributed by atoms with Gasteiger partial charge >= 0.3 is 0 Å². The molecule has 0 radical (unpaired) electrons. The maximum absolute atomic E-state index is 6.64. The van der Waals surface area contributed by atoms with Gasteiger partial charge in [-0.25, -0.2) is 4.98 Å². The first-order valence-electron chi connectivity index (χ1n) is 17.4. The predicted molar refractivity (Wildman–Crippen MR) is 210 cm³/mol. The molecule has 3 heterocycles. The van der Waals surface area contributed by atoms with Gasteiger partial charge in [0.2, 0.25) is 0 Å². The smallest absolute Gasteiger partial charge is 0.135 e. The van der Waals surface area contributed by atoms with E-state index in [2.05, 4.69) is 190 Å². The Morgan fingerprint density at radius 2 is 1.35 bits per heavy atom. The molecule has 264 valence electrons. The van der Waals surface area contributed by atoms with Crippen LogP contribution in [0.5, 0.6) is 11.5 Å². The second-order valence-electron chi connectivity index (χ2n) is 15.2. The Kier molecular flexibility index (Phi) is 9.35. The first-order valence-corrected chi connectivity index (χ1v) is 17.4. The molecule has 0 aliphatic carbocycles. The first kappa shape index (κ1) is 35.3. The maximum atomic E-state index is 6.64. The van der Waals surface area contributed by atoms with Crippen molar-refractivity contribution in [1.29, 1.82) is 0 Å². The number of hydrogen-bond acceptors (Lipinski definition) is 4. The normalized spacial score (nSPS) is 13.2. The molecule has 5 aromatic carbocycles. The third-order valence-corrected chi connectivity index (χ3v) is 9.48. The second kappa shape index (κ2) is 13.8. The van der Waals surface area contributed by atoms with Gasteiger partial charge in [0.25, 0.3) is 0 Å². The van der Waals surface area contributed by atoms with Crippen molar-refractivity contribution in [3.8, 4) is 28.4 Å². The van der Waals surface area contributed by atoms with Crippen LogP contribution in [0.1, 0.15) is 52.7 Å². The number of pyridine rings is 1. The summed E-state index contributed by atoms with van der Waals surface area (Å²) < 4.78 is 8.83. The van der Waals surface area contributed by atoms with Crippen molar-refractivity contribution in [3.05, 3.63) is 164 Å². The molecule has 1 aliphatic heterocycles. The minimum atomic E-state index is -0.112. The zero-order valence-electron chi connectivity index (χ0n) is 30.3. The van der Waals surface area contributed by atoms with Gasteiger partial charge in [0.1, 0.15) is 5.82 Å². The number of aromatic nitrogens is 2. The molecule has 0 saturated carbocycles. The molecule has 2 aromatic heterocycles. The van der Waals surface area contributed by atoms with E-state index in [0.29, 0.717) is 11.5 Å². The van der Waals surface area contributed by atoms with E-state index in [-0.39, 0.29) is 31.9 Å². The molecular weight excluding hydrogens is 820 g/mol. The van der Waals surface area contributed by atoms with Gasteiger partial charge in [-0.05, 0) is 75.6 Å². The van der Waals surface area contributed by atoms with Gasteiger partial charge in [0, 0.05) is 50.0 Å². The molecule has 0 atom stereocenters. The van der Waals surface area contributed by atoms with Crippen molar-refractivity contribution in [2.45, 2.75) is 52.4 Å². The quantitative estimate of drug-likeness (QED) is 0.156. The second-order valence-corrected chi connectivity index (χ2v) is 15.2. The molecule has 0 unspecified atom stereocenters. The number of ether oxygens (including phenoxy) is 1. The summed E-state index contributed by atoms with van der Waals surface area (Å²) >= 11 is 0. The standard InChI is InChI=1S/C46H41N4O.Pt/c1-45(2,3)34-21-22-47-44(28-34)50-42-18-11-10-17-40(42)41-20-19-38(30-43(41)50)51-39-27-35(46(4,5)6)26-37(29-39)49-24-23-48(31-49)36-16-12-15-33(25-36)32-13-8-7-9-14-32;/h7-28,31H,1-6H3;/q-3;. The van der Waals surface area contributed by atoms with Crippen molar-refractivity contribution in [2.24, 2.45) is 0 Å². The SMILES string of the molecule is CC(C)(C)c1cc(Oc2[c-]c3c(cc2)c2ccccc2n3-c2cc(C(C)(C)C)ccn2)[c-]c(N2C=CN(c3cccc(-c4ccccc4)c3)[CH-]2)c1.[Pt]. The summed E-state index contributed by atoms with van der Waals surface area (Å²) in [5.41, 5.74) is 8.60. The first-order chi connectivity index (χ1) is 24.5. The van der Waals surface area contributed by atoms with Crippen LogP contribution in [0, 0.1) is 18.8 Å². The Bertz CT molecular complexity index is 2420.